The lowest BCUT2D eigenvalue weighted by Crippen LogP contribution is -2.50. The molecule has 0 aromatic carbocycles. The summed E-state index contributed by atoms with van der Waals surface area (Å²) in [6, 6.07) is 0. The summed E-state index contributed by atoms with van der Waals surface area (Å²) in [5.41, 5.74) is 0. The average Bonchev–Trinajstić information content (AvgIpc) is 1.80. The van der Waals surface area contributed by atoms with Gasteiger partial charge < -0.3 is 5.11 Å². The number of alkyl halides is 4. The first-order valence-corrected chi connectivity index (χ1v) is 5.29. The summed E-state index contributed by atoms with van der Waals surface area (Å²) in [5.74, 6) is -16.3. The normalized spacial score (nSPS) is 14.1. The van der Waals surface area contributed by atoms with E-state index >= 15 is 0 Å². The van der Waals surface area contributed by atoms with E-state index in [9.17, 15) is 30.8 Å². The molecule has 1 N–H and O–H groups in total. The molecule has 0 aliphatic rings. The van der Waals surface area contributed by atoms with Crippen LogP contribution >= 0.6 is 10.7 Å². The second-order valence-electron chi connectivity index (χ2n) is 2.27. The van der Waals surface area contributed by atoms with Crippen molar-refractivity contribution < 1.29 is 35.9 Å². The standard InChI is InChI=1S/C4H3ClF4O4S/c5-14(12,13)1-3(6,7)4(8,9)2(10)11/h1H2,(H,10,11). The lowest BCUT2D eigenvalue weighted by atomic mass is 10.2. The molecule has 0 bridgehead atoms. The molecule has 0 unspecified atom stereocenters. The minimum atomic E-state index is -5.48. The highest BCUT2D eigenvalue weighted by Gasteiger charge is 2.64. The molecule has 0 radical (unpaired) electrons. The summed E-state index contributed by atoms with van der Waals surface area (Å²) in [4.78, 5) is 9.69. The van der Waals surface area contributed by atoms with Gasteiger partial charge in [-0.15, -0.1) is 0 Å². The number of hydrogen-bond donors (Lipinski definition) is 1. The third-order valence-corrected chi connectivity index (χ3v) is 2.12. The molecule has 0 spiro atoms. The van der Waals surface area contributed by atoms with Crippen LogP contribution in [0.4, 0.5) is 17.6 Å². The molecule has 14 heavy (non-hydrogen) atoms. The zero-order valence-corrected chi connectivity index (χ0v) is 7.75. The smallest absolute Gasteiger partial charge is 0.405 e. The number of carbonyl (C=O) groups is 1. The van der Waals surface area contributed by atoms with Crippen molar-refractivity contribution in [2.45, 2.75) is 11.8 Å². The summed E-state index contributed by atoms with van der Waals surface area (Å²) in [5, 5.41) is 7.71. The fraction of sp³-hybridized carbons (Fsp3) is 0.750. The Morgan fingerprint density at radius 3 is 1.86 bits per heavy atom. The number of carboxylic acids is 1. The molecule has 10 heteroatoms. The van der Waals surface area contributed by atoms with Crippen LogP contribution in [-0.2, 0) is 13.8 Å². The lowest BCUT2D eigenvalue weighted by Gasteiger charge is -2.21. The average molecular weight is 259 g/mol. The number of rotatable bonds is 4. The van der Waals surface area contributed by atoms with Crippen molar-refractivity contribution in [2.75, 3.05) is 5.75 Å². The minimum Gasteiger partial charge on any atom is -0.477 e. The maximum absolute atomic E-state index is 12.4. The maximum atomic E-state index is 12.4. The molecular weight excluding hydrogens is 256 g/mol. The second kappa shape index (κ2) is 3.54. The van der Waals surface area contributed by atoms with Gasteiger partial charge in [-0.05, 0) is 0 Å². The van der Waals surface area contributed by atoms with Crippen molar-refractivity contribution in [3.63, 3.8) is 0 Å². The number of aliphatic carboxylic acids is 1. The summed E-state index contributed by atoms with van der Waals surface area (Å²) in [6.45, 7) is 0. The molecule has 0 aromatic heterocycles. The van der Waals surface area contributed by atoms with E-state index in [4.69, 9.17) is 5.11 Å². The summed E-state index contributed by atoms with van der Waals surface area (Å²) < 4.78 is 69.2. The SMILES string of the molecule is O=C(O)C(F)(F)C(F)(F)CS(=O)(=O)Cl. The topological polar surface area (TPSA) is 71.4 Å². The van der Waals surface area contributed by atoms with Crippen LogP contribution in [0, 0.1) is 0 Å². The Morgan fingerprint density at radius 1 is 1.29 bits per heavy atom. The van der Waals surface area contributed by atoms with E-state index in [1.54, 1.807) is 0 Å². The highest BCUT2D eigenvalue weighted by molar-refractivity contribution is 8.13. The predicted octanol–water partition coefficient (Wildman–Crippen LogP) is 0.910. The van der Waals surface area contributed by atoms with Crippen LogP contribution in [0.1, 0.15) is 0 Å². The molecule has 84 valence electrons. The lowest BCUT2D eigenvalue weighted by molar-refractivity contribution is -0.215. The highest BCUT2D eigenvalue weighted by atomic mass is 35.7. The largest absolute Gasteiger partial charge is 0.477 e. The van der Waals surface area contributed by atoms with Crippen molar-refractivity contribution in [1.82, 2.24) is 0 Å². The van der Waals surface area contributed by atoms with E-state index in [2.05, 4.69) is 10.7 Å². The van der Waals surface area contributed by atoms with E-state index in [0.717, 1.165) is 0 Å². The summed E-state index contributed by atoms with van der Waals surface area (Å²) in [7, 11) is -0.625. The van der Waals surface area contributed by atoms with Gasteiger partial charge in [0.25, 0.3) is 0 Å². The van der Waals surface area contributed by atoms with Gasteiger partial charge in [-0.25, -0.2) is 13.2 Å². The Morgan fingerprint density at radius 2 is 1.64 bits per heavy atom. The van der Waals surface area contributed by atoms with Crippen LogP contribution in [0.2, 0.25) is 0 Å². The molecule has 0 fully saturated rings. The molecule has 0 aliphatic heterocycles. The first-order chi connectivity index (χ1) is 5.90. The Hall–Kier alpha value is -0.570. The van der Waals surface area contributed by atoms with Crippen LogP contribution in [0.15, 0.2) is 0 Å². The number of carboxylic acid groups (broad SMARTS) is 1. The summed E-state index contributed by atoms with van der Waals surface area (Å²) in [6.07, 6.45) is 0. The quantitative estimate of drug-likeness (QED) is 0.601. The summed E-state index contributed by atoms with van der Waals surface area (Å²) >= 11 is 0. The number of hydrogen-bond acceptors (Lipinski definition) is 3. The van der Waals surface area contributed by atoms with Gasteiger partial charge in [0, 0.05) is 10.7 Å². The van der Waals surface area contributed by atoms with Gasteiger partial charge in [0.05, 0.1) is 0 Å². The van der Waals surface area contributed by atoms with Crippen LogP contribution in [0.3, 0.4) is 0 Å². The van der Waals surface area contributed by atoms with Crippen molar-refractivity contribution in [3.8, 4) is 0 Å². The van der Waals surface area contributed by atoms with Crippen molar-refractivity contribution in [2.24, 2.45) is 0 Å². The van der Waals surface area contributed by atoms with E-state index in [0.29, 0.717) is 0 Å². The molecule has 0 amide bonds. The predicted molar refractivity (Wildman–Crippen MR) is 37.2 cm³/mol. The van der Waals surface area contributed by atoms with E-state index in [-0.39, 0.29) is 0 Å². The molecule has 4 nitrogen and oxygen atoms in total. The first-order valence-electron chi connectivity index (χ1n) is 2.81. The van der Waals surface area contributed by atoms with E-state index in [1.807, 2.05) is 0 Å². The monoisotopic (exact) mass is 258 g/mol. The molecule has 0 heterocycles. The van der Waals surface area contributed by atoms with Gasteiger partial charge in [-0.2, -0.15) is 17.6 Å². The second-order valence-corrected chi connectivity index (χ2v) is 5.04. The van der Waals surface area contributed by atoms with E-state index < -0.39 is 32.6 Å². The molecule has 0 rings (SSSR count). The maximum Gasteiger partial charge on any atom is 0.405 e. The van der Waals surface area contributed by atoms with Gasteiger partial charge in [0.1, 0.15) is 5.75 Å². The van der Waals surface area contributed by atoms with Crippen molar-refractivity contribution in [1.29, 1.82) is 0 Å². The van der Waals surface area contributed by atoms with Gasteiger partial charge in [0.2, 0.25) is 9.05 Å². The zero-order valence-electron chi connectivity index (χ0n) is 6.18. The first kappa shape index (κ1) is 13.4. The molecule has 0 saturated carbocycles. The Kier molecular flexibility index (Phi) is 3.39. The van der Waals surface area contributed by atoms with Gasteiger partial charge in [0.15, 0.2) is 0 Å². The molecule has 0 aliphatic carbocycles. The fourth-order valence-corrected chi connectivity index (χ4v) is 1.49. The fourth-order valence-electron chi connectivity index (χ4n) is 0.464. The van der Waals surface area contributed by atoms with Crippen molar-refractivity contribution in [3.05, 3.63) is 0 Å². The zero-order chi connectivity index (χ0) is 11.8. The molecule has 0 atom stereocenters. The minimum absolute atomic E-state index is 2.44. The van der Waals surface area contributed by atoms with Gasteiger partial charge in [-0.1, -0.05) is 0 Å². The van der Waals surface area contributed by atoms with Crippen molar-refractivity contribution >= 4 is 25.7 Å². The third kappa shape index (κ3) is 2.98. The number of halogens is 5. The van der Waals surface area contributed by atoms with E-state index in [1.165, 1.54) is 0 Å². The van der Waals surface area contributed by atoms with Gasteiger partial charge >= 0.3 is 17.8 Å². The Bertz CT molecular complexity index is 337. The van der Waals surface area contributed by atoms with Crippen LogP contribution in [0.5, 0.6) is 0 Å². The highest BCUT2D eigenvalue weighted by Crippen LogP contribution is 2.36. The molecular formula is C4H3ClF4O4S. The van der Waals surface area contributed by atoms with Gasteiger partial charge in [-0.3, -0.25) is 0 Å². The Labute approximate surface area is 79.9 Å². The molecule has 0 aromatic rings. The van der Waals surface area contributed by atoms with Crippen LogP contribution in [0.25, 0.3) is 0 Å². The van der Waals surface area contributed by atoms with Crippen LogP contribution in [-0.4, -0.2) is 37.1 Å². The molecule has 0 saturated heterocycles. The third-order valence-electron chi connectivity index (χ3n) is 1.08. The Balaban J connectivity index is 5.06. The van der Waals surface area contributed by atoms with Crippen LogP contribution < -0.4 is 0 Å².